The van der Waals surface area contributed by atoms with E-state index in [0.717, 1.165) is 0 Å². The van der Waals surface area contributed by atoms with Crippen molar-refractivity contribution in [2.45, 2.75) is 20.8 Å². The molecule has 0 bridgehead atoms. The van der Waals surface area contributed by atoms with Crippen molar-refractivity contribution in [3.05, 3.63) is 23.5 Å². The molecule has 1 amide bonds. The van der Waals surface area contributed by atoms with E-state index in [4.69, 9.17) is 4.74 Å². The highest BCUT2D eigenvalue weighted by molar-refractivity contribution is 5.97. The van der Waals surface area contributed by atoms with Crippen molar-refractivity contribution >= 4 is 11.6 Å². The molecular weight excluding hydrogens is 221 g/mol. The van der Waals surface area contributed by atoms with Crippen LogP contribution in [-0.4, -0.2) is 19.1 Å². The molecule has 0 unspecified atom stereocenters. The van der Waals surface area contributed by atoms with Crippen molar-refractivity contribution in [1.29, 1.82) is 0 Å². The number of carbonyl (C=O) groups excluding carboxylic acids is 1. The second kappa shape index (κ2) is 4.35. The molecule has 92 valence electrons. The number of nitrogens with zero attached hydrogens (tertiary/aromatic N) is 1. The first-order valence-electron chi connectivity index (χ1n) is 5.72. The summed E-state index contributed by atoms with van der Waals surface area (Å²) in [7, 11) is 0. The van der Waals surface area contributed by atoms with Crippen LogP contribution in [0.3, 0.4) is 0 Å². The van der Waals surface area contributed by atoms with Gasteiger partial charge in [0, 0.05) is 12.6 Å². The van der Waals surface area contributed by atoms with Crippen molar-refractivity contribution in [3.63, 3.8) is 0 Å². The van der Waals surface area contributed by atoms with Gasteiger partial charge in [0.15, 0.2) is 6.61 Å². The summed E-state index contributed by atoms with van der Waals surface area (Å²) >= 11 is 0. The van der Waals surface area contributed by atoms with Gasteiger partial charge in [0.05, 0.1) is 5.69 Å². The number of hydrogen-bond donors (Lipinski definition) is 0. The first-order valence-corrected chi connectivity index (χ1v) is 5.72. The second-order valence-corrected chi connectivity index (χ2v) is 4.76. The summed E-state index contributed by atoms with van der Waals surface area (Å²) in [6.45, 7) is 6.38. The highest BCUT2D eigenvalue weighted by Gasteiger charge is 2.26. The molecule has 1 aliphatic rings. The van der Waals surface area contributed by atoms with Crippen LogP contribution in [0.2, 0.25) is 0 Å². The third-order valence-electron chi connectivity index (χ3n) is 2.73. The van der Waals surface area contributed by atoms with Gasteiger partial charge < -0.3 is 9.64 Å². The molecule has 0 N–H and O–H groups in total. The van der Waals surface area contributed by atoms with Crippen molar-refractivity contribution in [2.24, 2.45) is 5.92 Å². The van der Waals surface area contributed by atoms with Gasteiger partial charge in [0.2, 0.25) is 0 Å². The summed E-state index contributed by atoms with van der Waals surface area (Å²) in [6, 6.07) is 3.02. The van der Waals surface area contributed by atoms with Crippen LogP contribution in [0.25, 0.3) is 0 Å². The van der Waals surface area contributed by atoms with Gasteiger partial charge in [-0.1, -0.05) is 13.8 Å². The average molecular weight is 237 g/mol. The molecule has 1 aliphatic heterocycles. The van der Waals surface area contributed by atoms with E-state index in [1.165, 1.54) is 6.07 Å². The minimum absolute atomic E-state index is 0.0117. The Balaban J connectivity index is 2.43. The number of halogens is 1. The van der Waals surface area contributed by atoms with Gasteiger partial charge >= 0.3 is 0 Å². The maximum atomic E-state index is 13.4. The van der Waals surface area contributed by atoms with Crippen LogP contribution < -0.4 is 9.64 Å². The molecule has 3 nitrogen and oxygen atoms in total. The molecule has 1 heterocycles. The Morgan fingerprint density at radius 2 is 2.18 bits per heavy atom. The van der Waals surface area contributed by atoms with Gasteiger partial charge in [-0.3, -0.25) is 4.79 Å². The number of aryl methyl sites for hydroxylation is 1. The van der Waals surface area contributed by atoms with Crippen LogP contribution >= 0.6 is 0 Å². The lowest BCUT2D eigenvalue weighted by Gasteiger charge is -2.31. The number of anilines is 1. The standard InChI is InChI=1S/C13H16FNO2/c1-8(2)6-15-11-4-9(3)10(14)5-12(11)17-7-13(15)16/h4-5,8H,6-7H2,1-3H3. The van der Waals surface area contributed by atoms with E-state index in [1.807, 2.05) is 13.8 Å². The number of fused-ring (bicyclic) bond motifs is 1. The van der Waals surface area contributed by atoms with Crippen LogP contribution in [-0.2, 0) is 4.79 Å². The molecule has 1 aromatic rings. The molecule has 1 aromatic carbocycles. The number of carbonyl (C=O) groups is 1. The Bertz CT molecular complexity index is 457. The van der Waals surface area contributed by atoms with Gasteiger partial charge in [-0.2, -0.15) is 0 Å². The molecule has 4 heteroatoms. The lowest BCUT2D eigenvalue weighted by atomic mass is 10.1. The SMILES string of the molecule is Cc1cc2c(cc1F)OCC(=O)N2CC(C)C. The number of hydrogen-bond acceptors (Lipinski definition) is 2. The van der Waals surface area contributed by atoms with E-state index in [1.54, 1.807) is 17.9 Å². The van der Waals surface area contributed by atoms with Crippen LogP contribution in [0.5, 0.6) is 5.75 Å². The maximum Gasteiger partial charge on any atom is 0.265 e. The Hall–Kier alpha value is -1.58. The third kappa shape index (κ3) is 2.25. The van der Waals surface area contributed by atoms with Crippen molar-refractivity contribution < 1.29 is 13.9 Å². The molecule has 0 saturated heterocycles. The first kappa shape index (κ1) is 11.9. The van der Waals surface area contributed by atoms with Crippen LogP contribution in [0.1, 0.15) is 19.4 Å². The number of rotatable bonds is 2. The van der Waals surface area contributed by atoms with E-state index in [9.17, 15) is 9.18 Å². The molecule has 0 radical (unpaired) electrons. The first-order chi connectivity index (χ1) is 7.99. The van der Waals surface area contributed by atoms with Crippen molar-refractivity contribution in [2.75, 3.05) is 18.1 Å². The molecule has 17 heavy (non-hydrogen) atoms. The fourth-order valence-electron chi connectivity index (χ4n) is 1.89. The zero-order valence-electron chi connectivity index (χ0n) is 10.3. The number of amides is 1. The largest absolute Gasteiger partial charge is 0.481 e. The lowest BCUT2D eigenvalue weighted by molar-refractivity contribution is -0.121. The van der Waals surface area contributed by atoms with E-state index < -0.39 is 0 Å². The highest BCUT2D eigenvalue weighted by Crippen LogP contribution is 2.34. The van der Waals surface area contributed by atoms with Crippen molar-refractivity contribution in [1.82, 2.24) is 0 Å². The molecule has 0 saturated carbocycles. The zero-order valence-corrected chi connectivity index (χ0v) is 10.3. The van der Waals surface area contributed by atoms with Gasteiger partial charge in [0.1, 0.15) is 11.6 Å². The summed E-state index contributed by atoms with van der Waals surface area (Å²) in [5, 5.41) is 0. The fourth-order valence-corrected chi connectivity index (χ4v) is 1.89. The zero-order chi connectivity index (χ0) is 12.6. The third-order valence-corrected chi connectivity index (χ3v) is 2.73. The minimum atomic E-state index is -0.303. The van der Waals surface area contributed by atoms with E-state index in [2.05, 4.69) is 0 Å². The quantitative estimate of drug-likeness (QED) is 0.791. The molecule has 0 fully saturated rings. The molecule has 0 atom stereocenters. The van der Waals surface area contributed by atoms with E-state index in [0.29, 0.717) is 29.5 Å². The van der Waals surface area contributed by atoms with Gasteiger partial charge in [-0.15, -0.1) is 0 Å². The van der Waals surface area contributed by atoms with Gasteiger partial charge in [-0.25, -0.2) is 4.39 Å². The Labute approximate surface area is 100 Å². The summed E-state index contributed by atoms with van der Waals surface area (Å²) in [4.78, 5) is 13.5. The van der Waals surface area contributed by atoms with Gasteiger partial charge in [0.25, 0.3) is 5.91 Å². The molecular formula is C13H16FNO2. The second-order valence-electron chi connectivity index (χ2n) is 4.76. The predicted molar refractivity (Wildman–Crippen MR) is 63.8 cm³/mol. The molecule has 2 rings (SSSR count). The molecule has 0 aromatic heterocycles. The van der Waals surface area contributed by atoms with E-state index in [-0.39, 0.29) is 18.3 Å². The summed E-state index contributed by atoms with van der Waals surface area (Å²) in [6.07, 6.45) is 0. The van der Waals surface area contributed by atoms with Crippen LogP contribution in [0, 0.1) is 18.7 Å². The predicted octanol–water partition coefficient (Wildman–Crippen LogP) is 2.52. The molecule has 0 aliphatic carbocycles. The van der Waals surface area contributed by atoms with E-state index >= 15 is 0 Å². The Morgan fingerprint density at radius 1 is 1.47 bits per heavy atom. The fraction of sp³-hybridized carbons (Fsp3) is 0.462. The lowest BCUT2D eigenvalue weighted by Crippen LogP contribution is -2.41. The number of ether oxygens (including phenoxy) is 1. The molecule has 0 spiro atoms. The van der Waals surface area contributed by atoms with Crippen LogP contribution in [0.4, 0.5) is 10.1 Å². The Kier molecular flexibility index (Phi) is 3.05. The number of benzene rings is 1. The summed E-state index contributed by atoms with van der Waals surface area (Å²) < 4.78 is 18.7. The smallest absolute Gasteiger partial charge is 0.265 e. The highest BCUT2D eigenvalue weighted by atomic mass is 19.1. The maximum absolute atomic E-state index is 13.4. The topological polar surface area (TPSA) is 29.5 Å². The average Bonchev–Trinajstić information content (AvgIpc) is 2.25. The van der Waals surface area contributed by atoms with Gasteiger partial charge in [-0.05, 0) is 24.5 Å². The summed E-state index contributed by atoms with van der Waals surface area (Å²) in [5.41, 5.74) is 1.20. The van der Waals surface area contributed by atoms with Crippen LogP contribution in [0.15, 0.2) is 12.1 Å². The van der Waals surface area contributed by atoms with Crippen molar-refractivity contribution in [3.8, 4) is 5.75 Å². The summed E-state index contributed by atoms with van der Waals surface area (Å²) in [5.74, 6) is 0.434. The Morgan fingerprint density at radius 3 is 2.82 bits per heavy atom. The monoisotopic (exact) mass is 237 g/mol. The minimum Gasteiger partial charge on any atom is -0.481 e. The normalized spacial score (nSPS) is 14.9.